The maximum Gasteiger partial charge on any atom is -0.0360 e. The summed E-state index contributed by atoms with van der Waals surface area (Å²) in [7, 11) is 0. The predicted octanol–water partition coefficient (Wildman–Crippen LogP) is 6.45. The second-order valence-electron chi connectivity index (χ2n) is 7.90. The molecule has 2 aliphatic carbocycles. The van der Waals surface area contributed by atoms with E-state index in [1.165, 1.54) is 70.6 Å². The van der Waals surface area contributed by atoms with Gasteiger partial charge in [-0.25, -0.2) is 0 Å². The van der Waals surface area contributed by atoms with E-state index in [-0.39, 0.29) is 0 Å². The lowest BCUT2D eigenvalue weighted by molar-refractivity contribution is 0.123. The lowest BCUT2D eigenvalue weighted by atomic mass is 9.68. The molecule has 0 bridgehead atoms. The summed E-state index contributed by atoms with van der Waals surface area (Å²) in [6, 6.07) is 0. The molecular formula is C19H36. The van der Waals surface area contributed by atoms with Gasteiger partial charge in [0, 0.05) is 0 Å². The fourth-order valence-corrected chi connectivity index (χ4v) is 4.91. The Morgan fingerprint density at radius 3 is 1.79 bits per heavy atom. The molecule has 2 rings (SSSR count). The largest absolute Gasteiger partial charge is 0.0625 e. The summed E-state index contributed by atoms with van der Waals surface area (Å²) in [5, 5.41) is 0. The summed E-state index contributed by atoms with van der Waals surface area (Å²) in [5.74, 6) is 4.96. The van der Waals surface area contributed by atoms with Crippen LogP contribution in [0.5, 0.6) is 0 Å². The number of hydrogen-bond donors (Lipinski definition) is 0. The van der Waals surface area contributed by atoms with Crippen LogP contribution in [-0.2, 0) is 0 Å². The zero-order valence-electron chi connectivity index (χ0n) is 13.7. The molecule has 2 saturated carbocycles. The quantitative estimate of drug-likeness (QED) is 0.535. The average Bonchev–Trinajstić information content (AvgIpc) is 2.46. The molecule has 2 aliphatic rings. The molecule has 2 atom stereocenters. The van der Waals surface area contributed by atoms with Gasteiger partial charge in [-0.05, 0) is 36.0 Å². The third kappa shape index (κ3) is 4.50. The Morgan fingerprint density at radius 1 is 0.737 bits per heavy atom. The van der Waals surface area contributed by atoms with Gasteiger partial charge in [0.25, 0.3) is 0 Å². The van der Waals surface area contributed by atoms with E-state index in [9.17, 15) is 0 Å². The summed E-state index contributed by atoms with van der Waals surface area (Å²) >= 11 is 0. The molecule has 2 unspecified atom stereocenters. The van der Waals surface area contributed by atoms with Crippen LogP contribution < -0.4 is 0 Å². The Kier molecular flexibility index (Phi) is 6.23. The molecule has 0 nitrogen and oxygen atoms in total. The highest BCUT2D eigenvalue weighted by Crippen LogP contribution is 2.41. The topological polar surface area (TPSA) is 0 Å². The third-order valence-corrected chi connectivity index (χ3v) is 6.26. The highest BCUT2D eigenvalue weighted by molar-refractivity contribution is 4.81. The van der Waals surface area contributed by atoms with Crippen LogP contribution in [0.4, 0.5) is 0 Å². The smallest absolute Gasteiger partial charge is 0.0360 e. The van der Waals surface area contributed by atoms with Crippen molar-refractivity contribution in [3.63, 3.8) is 0 Å². The minimum absolute atomic E-state index is 0.888. The summed E-state index contributed by atoms with van der Waals surface area (Å²) in [5.41, 5.74) is 0. The predicted molar refractivity (Wildman–Crippen MR) is 85.3 cm³/mol. The normalized spacial score (nSPS) is 26.5. The summed E-state index contributed by atoms with van der Waals surface area (Å²) in [4.78, 5) is 0. The van der Waals surface area contributed by atoms with E-state index in [1.54, 1.807) is 0 Å². The molecule has 0 spiro atoms. The minimum atomic E-state index is 0.888. The Bertz CT molecular complexity index is 230. The monoisotopic (exact) mass is 264 g/mol. The van der Waals surface area contributed by atoms with Gasteiger partial charge >= 0.3 is 0 Å². The third-order valence-electron chi connectivity index (χ3n) is 6.26. The zero-order valence-corrected chi connectivity index (χ0v) is 13.7. The van der Waals surface area contributed by atoms with Crippen molar-refractivity contribution in [2.75, 3.05) is 0 Å². The summed E-state index contributed by atoms with van der Waals surface area (Å²) in [6.07, 6.45) is 16.7. The van der Waals surface area contributed by atoms with Crippen molar-refractivity contribution in [3.8, 4) is 0 Å². The molecule has 0 aliphatic heterocycles. The van der Waals surface area contributed by atoms with Crippen molar-refractivity contribution in [2.24, 2.45) is 29.6 Å². The van der Waals surface area contributed by atoms with Crippen molar-refractivity contribution in [3.05, 3.63) is 0 Å². The van der Waals surface area contributed by atoms with Gasteiger partial charge in [0.1, 0.15) is 0 Å². The van der Waals surface area contributed by atoms with E-state index < -0.39 is 0 Å². The minimum Gasteiger partial charge on any atom is -0.0625 e. The molecule has 0 saturated heterocycles. The van der Waals surface area contributed by atoms with E-state index in [0.29, 0.717) is 0 Å². The Balaban J connectivity index is 1.89. The van der Waals surface area contributed by atoms with Crippen LogP contribution in [0.2, 0.25) is 0 Å². The fraction of sp³-hybridized carbons (Fsp3) is 1.00. The molecule has 0 aromatic carbocycles. The molecule has 0 aromatic heterocycles. The van der Waals surface area contributed by atoms with Gasteiger partial charge in [0.2, 0.25) is 0 Å². The number of rotatable bonds is 5. The lowest BCUT2D eigenvalue weighted by Crippen LogP contribution is -2.29. The molecule has 2 fully saturated rings. The van der Waals surface area contributed by atoms with Crippen LogP contribution >= 0.6 is 0 Å². The summed E-state index contributed by atoms with van der Waals surface area (Å²) in [6.45, 7) is 7.54. The van der Waals surface area contributed by atoms with Crippen LogP contribution in [0.1, 0.15) is 91.4 Å². The van der Waals surface area contributed by atoms with Crippen LogP contribution in [0.3, 0.4) is 0 Å². The molecule has 0 heteroatoms. The summed E-state index contributed by atoms with van der Waals surface area (Å²) < 4.78 is 0. The van der Waals surface area contributed by atoms with Gasteiger partial charge in [-0.3, -0.25) is 0 Å². The lowest BCUT2D eigenvalue weighted by Gasteiger charge is -2.38. The van der Waals surface area contributed by atoms with E-state index >= 15 is 0 Å². The van der Waals surface area contributed by atoms with Gasteiger partial charge in [-0.15, -0.1) is 0 Å². The van der Waals surface area contributed by atoms with Crippen molar-refractivity contribution >= 4 is 0 Å². The first-order valence-corrected chi connectivity index (χ1v) is 9.18. The van der Waals surface area contributed by atoms with E-state index in [0.717, 1.165) is 29.6 Å². The van der Waals surface area contributed by atoms with Gasteiger partial charge in [-0.2, -0.15) is 0 Å². The standard InChI is InChI=1S/C19H36/c1-15(2)19(14-17-10-6-4-7-11-17)16(3)18-12-8-5-9-13-18/h15-19H,4-14H2,1-3H3. The Morgan fingerprint density at radius 2 is 1.26 bits per heavy atom. The molecule has 0 N–H and O–H groups in total. The van der Waals surface area contributed by atoms with Crippen molar-refractivity contribution < 1.29 is 0 Å². The molecule has 0 radical (unpaired) electrons. The Labute approximate surface area is 121 Å². The van der Waals surface area contributed by atoms with Crippen molar-refractivity contribution in [2.45, 2.75) is 91.4 Å². The van der Waals surface area contributed by atoms with Gasteiger partial charge < -0.3 is 0 Å². The molecule has 0 heterocycles. The zero-order chi connectivity index (χ0) is 13.7. The maximum absolute atomic E-state index is 2.59. The van der Waals surface area contributed by atoms with Crippen LogP contribution in [-0.4, -0.2) is 0 Å². The van der Waals surface area contributed by atoms with Crippen LogP contribution in [0.15, 0.2) is 0 Å². The first-order valence-electron chi connectivity index (χ1n) is 9.18. The van der Waals surface area contributed by atoms with Gasteiger partial charge in [0.15, 0.2) is 0 Å². The van der Waals surface area contributed by atoms with Gasteiger partial charge in [0.05, 0.1) is 0 Å². The van der Waals surface area contributed by atoms with E-state index in [4.69, 9.17) is 0 Å². The average molecular weight is 264 g/mol. The van der Waals surface area contributed by atoms with Gasteiger partial charge in [-0.1, -0.05) is 85.0 Å². The SMILES string of the molecule is CC(C)C(CC1CCCCC1)C(C)C1CCCCC1. The number of hydrogen-bond acceptors (Lipinski definition) is 0. The highest BCUT2D eigenvalue weighted by atomic mass is 14.4. The van der Waals surface area contributed by atoms with Crippen LogP contribution in [0, 0.1) is 29.6 Å². The Hall–Kier alpha value is 0. The van der Waals surface area contributed by atoms with Crippen LogP contribution in [0.25, 0.3) is 0 Å². The second-order valence-corrected chi connectivity index (χ2v) is 7.90. The molecule has 0 amide bonds. The molecule has 19 heavy (non-hydrogen) atoms. The van der Waals surface area contributed by atoms with Crippen molar-refractivity contribution in [1.82, 2.24) is 0 Å². The molecule has 112 valence electrons. The maximum atomic E-state index is 2.59. The highest BCUT2D eigenvalue weighted by Gasteiger charge is 2.31. The fourth-order valence-electron chi connectivity index (χ4n) is 4.91. The first-order chi connectivity index (χ1) is 9.18. The first kappa shape index (κ1) is 15.4. The van der Waals surface area contributed by atoms with E-state index in [2.05, 4.69) is 20.8 Å². The molecule has 0 aromatic rings. The van der Waals surface area contributed by atoms with Crippen molar-refractivity contribution in [1.29, 1.82) is 0 Å². The molecular weight excluding hydrogens is 228 g/mol. The van der Waals surface area contributed by atoms with E-state index in [1.807, 2.05) is 0 Å². The second kappa shape index (κ2) is 7.70.